The Morgan fingerprint density at radius 3 is 2.50 bits per heavy atom. The molecule has 3 heterocycles. The number of carbonyl (C=O) groups excluding carboxylic acids is 1. The highest BCUT2D eigenvalue weighted by atomic mass is 16.2. The van der Waals surface area contributed by atoms with Crippen molar-refractivity contribution in [1.29, 1.82) is 0 Å². The number of nitrogens with one attached hydrogen (secondary N) is 1. The minimum absolute atomic E-state index is 0.0935. The zero-order valence-electron chi connectivity index (χ0n) is 15.8. The van der Waals surface area contributed by atoms with Gasteiger partial charge in [-0.3, -0.25) is 5.32 Å². The Labute approximate surface area is 155 Å². The molecule has 2 aromatic heterocycles. The highest BCUT2D eigenvalue weighted by Crippen LogP contribution is 2.20. The fourth-order valence-electron chi connectivity index (χ4n) is 3.23. The fourth-order valence-corrected chi connectivity index (χ4v) is 3.23. The predicted octanol–water partition coefficient (Wildman–Crippen LogP) is 3.40. The molecule has 1 fully saturated rings. The lowest BCUT2D eigenvalue weighted by Gasteiger charge is -2.36. The first-order valence-electron chi connectivity index (χ1n) is 9.26. The van der Waals surface area contributed by atoms with Gasteiger partial charge in [-0.25, -0.2) is 14.8 Å². The number of pyridine rings is 2. The van der Waals surface area contributed by atoms with Crippen molar-refractivity contribution in [3.8, 4) is 0 Å². The minimum Gasteiger partial charge on any atom is -0.353 e. The van der Waals surface area contributed by atoms with E-state index < -0.39 is 0 Å². The average Bonchev–Trinajstić information content (AvgIpc) is 2.64. The van der Waals surface area contributed by atoms with Gasteiger partial charge < -0.3 is 9.80 Å². The molecule has 6 heteroatoms. The van der Waals surface area contributed by atoms with Crippen LogP contribution >= 0.6 is 0 Å². The van der Waals surface area contributed by atoms with E-state index in [1.54, 1.807) is 6.20 Å². The highest BCUT2D eigenvalue weighted by molar-refractivity contribution is 5.88. The van der Waals surface area contributed by atoms with Crippen molar-refractivity contribution in [2.24, 2.45) is 0 Å². The van der Waals surface area contributed by atoms with E-state index in [4.69, 9.17) is 0 Å². The van der Waals surface area contributed by atoms with E-state index in [2.05, 4.69) is 40.1 Å². The molecule has 0 saturated carbocycles. The lowest BCUT2D eigenvalue weighted by molar-refractivity contribution is 0.208. The van der Waals surface area contributed by atoms with E-state index in [0.717, 1.165) is 37.3 Å². The smallest absolute Gasteiger partial charge is 0.323 e. The topological polar surface area (TPSA) is 61.4 Å². The largest absolute Gasteiger partial charge is 0.353 e. The van der Waals surface area contributed by atoms with Crippen LogP contribution in [0.4, 0.5) is 16.4 Å². The molecule has 3 rings (SSSR count). The van der Waals surface area contributed by atoms with Crippen LogP contribution in [0.3, 0.4) is 0 Å². The first-order chi connectivity index (χ1) is 12.6. The minimum atomic E-state index is -0.0935. The summed E-state index contributed by atoms with van der Waals surface area (Å²) in [6.07, 6.45) is 5.93. The van der Waals surface area contributed by atoms with Gasteiger partial charge in [-0.2, -0.15) is 0 Å². The number of piperazine rings is 1. The maximum Gasteiger partial charge on any atom is 0.323 e. The molecule has 0 aromatic carbocycles. The molecule has 2 amide bonds. The lowest BCUT2D eigenvalue weighted by Crippen LogP contribution is -2.50. The van der Waals surface area contributed by atoms with Gasteiger partial charge in [-0.05, 0) is 43.0 Å². The number of aryl methyl sites for hydroxylation is 3. The van der Waals surface area contributed by atoms with Crippen LogP contribution in [0.5, 0.6) is 0 Å². The zero-order valence-corrected chi connectivity index (χ0v) is 15.8. The molecule has 2 aromatic rings. The quantitative estimate of drug-likeness (QED) is 0.915. The Morgan fingerprint density at radius 2 is 1.88 bits per heavy atom. The number of nitrogens with zero attached hydrogens (tertiary/aromatic N) is 4. The van der Waals surface area contributed by atoms with Gasteiger partial charge in [-0.15, -0.1) is 0 Å². The standard InChI is InChI=1S/C20H27N5O/c1-4-5-17-12-16(3)19(22-14-17)24-8-10-25(11-9-24)20(26)23-18-7-6-15(2)13-21-18/h6-7,12-14H,4-5,8-11H2,1-3H3,(H,21,23,26). The number of rotatable bonds is 4. The summed E-state index contributed by atoms with van der Waals surface area (Å²) in [4.78, 5) is 25.4. The van der Waals surface area contributed by atoms with Gasteiger partial charge in [0.2, 0.25) is 0 Å². The second-order valence-electron chi connectivity index (χ2n) is 6.86. The van der Waals surface area contributed by atoms with Crippen LogP contribution in [0.1, 0.15) is 30.0 Å². The molecule has 0 spiro atoms. The van der Waals surface area contributed by atoms with Crippen LogP contribution < -0.4 is 10.2 Å². The van der Waals surface area contributed by atoms with E-state index in [9.17, 15) is 4.79 Å². The molecule has 1 N–H and O–H groups in total. The van der Waals surface area contributed by atoms with Crippen molar-refractivity contribution in [3.63, 3.8) is 0 Å². The number of amides is 2. The SMILES string of the molecule is CCCc1cnc(N2CCN(C(=O)Nc3ccc(C)cn3)CC2)c(C)c1. The van der Waals surface area contributed by atoms with Crippen molar-refractivity contribution >= 4 is 17.7 Å². The second-order valence-corrected chi connectivity index (χ2v) is 6.86. The Kier molecular flexibility index (Phi) is 5.71. The van der Waals surface area contributed by atoms with Crippen LogP contribution in [0.15, 0.2) is 30.6 Å². The molecule has 0 atom stereocenters. The van der Waals surface area contributed by atoms with Crippen molar-refractivity contribution in [1.82, 2.24) is 14.9 Å². The summed E-state index contributed by atoms with van der Waals surface area (Å²) >= 11 is 0. The summed E-state index contributed by atoms with van der Waals surface area (Å²) in [5.74, 6) is 1.62. The van der Waals surface area contributed by atoms with Gasteiger partial charge in [0, 0.05) is 38.6 Å². The molecule has 1 saturated heterocycles. The Morgan fingerprint density at radius 1 is 1.12 bits per heavy atom. The van der Waals surface area contributed by atoms with Crippen LogP contribution in [0.2, 0.25) is 0 Å². The molecule has 138 valence electrons. The average molecular weight is 353 g/mol. The molecule has 6 nitrogen and oxygen atoms in total. The maximum atomic E-state index is 12.4. The first kappa shape index (κ1) is 18.2. The van der Waals surface area contributed by atoms with E-state index in [1.807, 2.05) is 30.2 Å². The van der Waals surface area contributed by atoms with Gasteiger partial charge in [-0.1, -0.05) is 25.5 Å². The van der Waals surface area contributed by atoms with Crippen molar-refractivity contribution in [2.75, 3.05) is 36.4 Å². The summed E-state index contributed by atoms with van der Waals surface area (Å²) < 4.78 is 0. The summed E-state index contributed by atoms with van der Waals surface area (Å²) in [6.45, 7) is 9.20. The second kappa shape index (κ2) is 8.17. The number of aromatic nitrogens is 2. The van der Waals surface area contributed by atoms with Crippen molar-refractivity contribution in [2.45, 2.75) is 33.6 Å². The Hall–Kier alpha value is -2.63. The molecular weight excluding hydrogens is 326 g/mol. The number of urea groups is 1. The fraction of sp³-hybridized carbons (Fsp3) is 0.450. The lowest BCUT2D eigenvalue weighted by atomic mass is 10.1. The van der Waals surface area contributed by atoms with E-state index in [-0.39, 0.29) is 6.03 Å². The molecule has 1 aliphatic rings. The molecular formula is C20H27N5O. The summed E-state index contributed by atoms with van der Waals surface area (Å²) in [5.41, 5.74) is 3.57. The first-order valence-corrected chi connectivity index (χ1v) is 9.26. The normalized spacial score (nSPS) is 14.4. The van der Waals surface area contributed by atoms with E-state index in [0.29, 0.717) is 18.9 Å². The van der Waals surface area contributed by atoms with Crippen LogP contribution in [0, 0.1) is 13.8 Å². The number of anilines is 2. The summed E-state index contributed by atoms with van der Waals surface area (Å²) in [6, 6.07) is 5.91. The zero-order chi connectivity index (χ0) is 18.5. The Balaban J connectivity index is 1.57. The van der Waals surface area contributed by atoms with Crippen LogP contribution in [-0.4, -0.2) is 47.1 Å². The number of hydrogen-bond donors (Lipinski definition) is 1. The van der Waals surface area contributed by atoms with Gasteiger partial charge in [0.1, 0.15) is 11.6 Å². The Bertz CT molecular complexity index is 751. The third kappa shape index (κ3) is 4.31. The molecule has 0 aliphatic carbocycles. The molecule has 0 bridgehead atoms. The van der Waals surface area contributed by atoms with Crippen LogP contribution in [-0.2, 0) is 6.42 Å². The third-order valence-corrected chi connectivity index (χ3v) is 4.66. The monoisotopic (exact) mass is 353 g/mol. The van der Waals surface area contributed by atoms with E-state index in [1.165, 1.54) is 11.1 Å². The van der Waals surface area contributed by atoms with Gasteiger partial charge in [0.15, 0.2) is 0 Å². The van der Waals surface area contributed by atoms with Crippen molar-refractivity contribution < 1.29 is 4.79 Å². The van der Waals surface area contributed by atoms with Crippen molar-refractivity contribution in [3.05, 3.63) is 47.3 Å². The number of carbonyl (C=O) groups is 1. The predicted molar refractivity (Wildman–Crippen MR) is 105 cm³/mol. The highest BCUT2D eigenvalue weighted by Gasteiger charge is 2.23. The molecule has 1 aliphatic heterocycles. The molecule has 0 unspecified atom stereocenters. The maximum absolute atomic E-state index is 12.4. The summed E-state index contributed by atoms with van der Waals surface area (Å²) in [7, 11) is 0. The molecule has 0 radical (unpaired) electrons. The number of hydrogen-bond acceptors (Lipinski definition) is 4. The summed E-state index contributed by atoms with van der Waals surface area (Å²) in [5, 5.41) is 2.87. The van der Waals surface area contributed by atoms with Gasteiger partial charge in [0.25, 0.3) is 0 Å². The van der Waals surface area contributed by atoms with Gasteiger partial charge in [0.05, 0.1) is 0 Å². The van der Waals surface area contributed by atoms with E-state index >= 15 is 0 Å². The van der Waals surface area contributed by atoms with Gasteiger partial charge >= 0.3 is 6.03 Å². The molecule has 26 heavy (non-hydrogen) atoms. The third-order valence-electron chi connectivity index (χ3n) is 4.66. The van der Waals surface area contributed by atoms with Crippen LogP contribution in [0.25, 0.3) is 0 Å².